The van der Waals surface area contributed by atoms with Gasteiger partial charge in [0.25, 0.3) is 5.56 Å². The maximum absolute atomic E-state index is 11.6. The van der Waals surface area contributed by atoms with Crippen molar-refractivity contribution >= 4 is 23.5 Å². The highest BCUT2D eigenvalue weighted by molar-refractivity contribution is 8.00. The minimum Gasteiger partial charge on any atom is -0.465 e. The number of nitrogens with one attached hydrogen (secondary N) is 1. The number of ether oxygens (including phenoxy) is 1. The van der Waals surface area contributed by atoms with Gasteiger partial charge in [-0.05, 0) is 20.8 Å². The van der Waals surface area contributed by atoms with E-state index >= 15 is 0 Å². The van der Waals surface area contributed by atoms with Gasteiger partial charge in [-0.25, -0.2) is 0 Å². The Kier molecular flexibility index (Phi) is 3.89. The maximum Gasteiger partial charge on any atom is 0.319 e. The van der Waals surface area contributed by atoms with Gasteiger partial charge >= 0.3 is 5.97 Å². The molecule has 8 heteroatoms. The monoisotopic (exact) mass is 282 g/mol. The van der Waals surface area contributed by atoms with Crippen LogP contribution in [0.15, 0.2) is 16.0 Å². The third-order valence-corrected chi connectivity index (χ3v) is 3.48. The molecule has 19 heavy (non-hydrogen) atoms. The van der Waals surface area contributed by atoms with Crippen molar-refractivity contribution in [3.05, 3.63) is 22.1 Å². The number of thioether (sulfide) groups is 1. The van der Waals surface area contributed by atoms with E-state index in [9.17, 15) is 9.59 Å². The molecule has 0 spiro atoms. The predicted molar refractivity (Wildman–Crippen MR) is 70.3 cm³/mol. The standard InChI is InChI=1S/C11H14N4O3S/c1-4-18-9(17)7(3)19-11-14-13-10-12-8(16)5-6(2)15(10)11/h5,7H,4H2,1-3H3,(H,12,13,16)/t7-/m0/s1. The van der Waals surface area contributed by atoms with Gasteiger partial charge in [0.1, 0.15) is 5.25 Å². The number of aromatic nitrogens is 4. The molecule has 0 bridgehead atoms. The van der Waals surface area contributed by atoms with E-state index in [1.807, 2.05) is 0 Å². The molecule has 0 saturated carbocycles. The van der Waals surface area contributed by atoms with Crippen LogP contribution in [0.5, 0.6) is 0 Å². The number of carbonyl (C=O) groups excluding carboxylic acids is 1. The largest absolute Gasteiger partial charge is 0.465 e. The van der Waals surface area contributed by atoms with Gasteiger partial charge in [0.05, 0.1) is 6.61 Å². The first kappa shape index (κ1) is 13.6. The van der Waals surface area contributed by atoms with E-state index in [1.54, 1.807) is 25.2 Å². The second-order valence-corrected chi connectivity index (χ2v) is 5.24. The molecule has 2 rings (SSSR count). The number of H-pyrrole nitrogens is 1. The summed E-state index contributed by atoms with van der Waals surface area (Å²) < 4.78 is 6.64. The van der Waals surface area contributed by atoms with E-state index in [-0.39, 0.29) is 11.5 Å². The van der Waals surface area contributed by atoms with Crippen LogP contribution in [0, 0.1) is 6.92 Å². The molecule has 0 fully saturated rings. The van der Waals surface area contributed by atoms with Crippen LogP contribution in [0.2, 0.25) is 0 Å². The second kappa shape index (κ2) is 5.43. The fraction of sp³-hybridized carbons (Fsp3) is 0.455. The normalized spacial score (nSPS) is 12.6. The van der Waals surface area contributed by atoms with Crippen LogP contribution in [-0.4, -0.2) is 37.4 Å². The Balaban J connectivity index is 2.31. The third-order valence-electron chi connectivity index (χ3n) is 2.46. The van der Waals surface area contributed by atoms with Crippen molar-refractivity contribution in [2.24, 2.45) is 0 Å². The summed E-state index contributed by atoms with van der Waals surface area (Å²) in [5.41, 5.74) is 0.481. The van der Waals surface area contributed by atoms with Crippen LogP contribution in [0.4, 0.5) is 0 Å². The molecule has 1 N–H and O–H groups in total. The number of aryl methyl sites for hydroxylation is 1. The van der Waals surface area contributed by atoms with E-state index in [0.717, 1.165) is 0 Å². The molecule has 0 aromatic carbocycles. The summed E-state index contributed by atoms with van der Waals surface area (Å²) in [6.45, 7) is 5.63. The Morgan fingerprint density at radius 2 is 2.32 bits per heavy atom. The van der Waals surface area contributed by atoms with Crippen molar-refractivity contribution in [3.63, 3.8) is 0 Å². The van der Waals surface area contributed by atoms with Gasteiger partial charge in [0, 0.05) is 11.8 Å². The molecule has 0 amide bonds. The van der Waals surface area contributed by atoms with E-state index in [2.05, 4.69) is 15.2 Å². The van der Waals surface area contributed by atoms with Crippen LogP contribution in [0.1, 0.15) is 19.5 Å². The SMILES string of the molecule is CCOC(=O)[C@H](C)Sc1nnc2[nH]c(=O)cc(C)n12. The zero-order valence-electron chi connectivity index (χ0n) is 10.8. The number of esters is 1. The lowest BCUT2D eigenvalue weighted by atomic mass is 10.4. The van der Waals surface area contributed by atoms with Gasteiger partial charge < -0.3 is 4.74 Å². The Morgan fingerprint density at radius 1 is 1.58 bits per heavy atom. The number of hydrogen-bond acceptors (Lipinski definition) is 6. The van der Waals surface area contributed by atoms with Crippen molar-refractivity contribution in [2.45, 2.75) is 31.2 Å². The Bertz CT molecular complexity index is 663. The molecule has 0 radical (unpaired) electrons. The maximum atomic E-state index is 11.6. The van der Waals surface area contributed by atoms with Gasteiger partial charge in [-0.3, -0.25) is 19.0 Å². The Hall–Kier alpha value is -1.83. The predicted octanol–water partition coefficient (Wildman–Crippen LogP) is 0.770. The molecule has 102 valence electrons. The fourth-order valence-corrected chi connectivity index (χ4v) is 2.52. The number of fused-ring (bicyclic) bond motifs is 1. The smallest absolute Gasteiger partial charge is 0.319 e. The van der Waals surface area contributed by atoms with Crippen LogP contribution in [0.25, 0.3) is 5.78 Å². The van der Waals surface area contributed by atoms with E-state index in [1.165, 1.54) is 17.8 Å². The topological polar surface area (TPSA) is 89.3 Å². The molecule has 0 saturated heterocycles. The van der Waals surface area contributed by atoms with Crippen molar-refractivity contribution in [1.29, 1.82) is 0 Å². The van der Waals surface area contributed by atoms with Crippen molar-refractivity contribution < 1.29 is 9.53 Å². The summed E-state index contributed by atoms with van der Waals surface area (Å²) in [5.74, 6) is 0.0647. The average Bonchev–Trinajstić information content (AvgIpc) is 2.72. The zero-order chi connectivity index (χ0) is 14.0. The van der Waals surface area contributed by atoms with Gasteiger partial charge in [-0.2, -0.15) is 0 Å². The quantitative estimate of drug-likeness (QED) is 0.658. The van der Waals surface area contributed by atoms with Gasteiger partial charge in [0.15, 0.2) is 5.16 Å². The first-order valence-corrected chi connectivity index (χ1v) is 6.69. The van der Waals surface area contributed by atoms with Crippen molar-refractivity contribution in [2.75, 3.05) is 6.61 Å². The highest BCUT2D eigenvalue weighted by Crippen LogP contribution is 2.22. The minimum atomic E-state index is -0.390. The van der Waals surface area contributed by atoms with Crippen molar-refractivity contribution in [1.82, 2.24) is 19.6 Å². The number of aromatic amines is 1. The lowest BCUT2D eigenvalue weighted by Gasteiger charge is -2.09. The molecular weight excluding hydrogens is 268 g/mol. The Morgan fingerprint density at radius 3 is 3.00 bits per heavy atom. The molecule has 0 aliphatic rings. The molecule has 2 aromatic rings. The average molecular weight is 282 g/mol. The summed E-state index contributed by atoms with van der Waals surface area (Å²) in [6.07, 6.45) is 0. The summed E-state index contributed by atoms with van der Waals surface area (Å²) in [4.78, 5) is 25.5. The van der Waals surface area contributed by atoms with Crippen LogP contribution in [-0.2, 0) is 9.53 Å². The van der Waals surface area contributed by atoms with Gasteiger partial charge in [-0.15, -0.1) is 10.2 Å². The lowest BCUT2D eigenvalue weighted by molar-refractivity contribution is -0.142. The zero-order valence-corrected chi connectivity index (χ0v) is 11.7. The number of nitrogens with zero attached hydrogens (tertiary/aromatic N) is 3. The molecule has 0 aliphatic carbocycles. The summed E-state index contributed by atoms with van der Waals surface area (Å²) in [6, 6.07) is 1.45. The van der Waals surface area contributed by atoms with Gasteiger partial charge in [0.2, 0.25) is 5.78 Å². The van der Waals surface area contributed by atoms with E-state index < -0.39 is 5.25 Å². The fourth-order valence-electron chi connectivity index (χ4n) is 1.61. The number of hydrogen-bond donors (Lipinski definition) is 1. The highest BCUT2D eigenvalue weighted by atomic mass is 32.2. The molecule has 2 aromatic heterocycles. The van der Waals surface area contributed by atoms with Gasteiger partial charge in [-0.1, -0.05) is 11.8 Å². The van der Waals surface area contributed by atoms with Crippen LogP contribution >= 0.6 is 11.8 Å². The van der Waals surface area contributed by atoms with Crippen LogP contribution < -0.4 is 5.56 Å². The first-order valence-electron chi connectivity index (χ1n) is 5.81. The number of carbonyl (C=O) groups is 1. The first-order chi connectivity index (χ1) is 9.02. The minimum absolute atomic E-state index is 0.229. The Labute approximate surface area is 113 Å². The summed E-state index contributed by atoms with van der Waals surface area (Å²) >= 11 is 1.24. The lowest BCUT2D eigenvalue weighted by Crippen LogP contribution is -2.17. The van der Waals surface area contributed by atoms with Crippen molar-refractivity contribution in [3.8, 4) is 0 Å². The molecule has 1 atom stereocenters. The second-order valence-electron chi connectivity index (χ2n) is 3.93. The third kappa shape index (κ3) is 2.78. The van der Waals surface area contributed by atoms with Crippen LogP contribution in [0.3, 0.4) is 0 Å². The molecule has 0 unspecified atom stereocenters. The number of rotatable bonds is 4. The molecule has 7 nitrogen and oxygen atoms in total. The molecule has 0 aliphatic heterocycles. The highest BCUT2D eigenvalue weighted by Gasteiger charge is 2.19. The summed E-state index contributed by atoms with van der Waals surface area (Å²) in [7, 11) is 0. The molecule has 2 heterocycles. The summed E-state index contributed by atoms with van der Waals surface area (Å²) in [5, 5.41) is 8.02. The van der Waals surface area contributed by atoms with E-state index in [4.69, 9.17) is 4.74 Å². The van der Waals surface area contributed by atoms with E-state index in [0.29, 0.717) is 23.2 Å². The molecular formula is C11H14N4O3S.